The Morgan fingerprint density at radius 1 is 0.974 bits per heavy atom. The molecule has 8 nitrogen and oxygen atoms in total. The maximum Gasteiger partial charge on any atom is 0.340 e. The first-order valence-corrected chi connectivity index (χ1v) is 13.3. The summed E-state index contributed by atoms with van der Waals surface area (Å²) in [5.41, 5.74) is 1.90. The van der Waals surface area contributed by atoms with Crippen molar-refractivity contribution in [1.82, 2.24) is 15.3 Å². The smallest absolute Gasteiger partial charge is 0.340 e. The molecule has 0 aliphatic rings. The normalized spacial score (nSPS) is 10.7. The zero-order chi connectivity index (χ0) is 27.1. The molecule has 4 rings (SSSR count). The number of nitrogens with one attached hydrogen (secondary N) is 2. The molecule has 0 bridgehead atoms. The van der Waals surface area contributed by atoms with Crippen LogP contribution < -0.4 is 10.6 Å². The summed E-state index contributed by atoms with van der Waals surface area (Å²) < 4.78 is 5.21. The molecule has 0 unspecified atom stereocenters. The second kappa shape index (κ2) is 12.7. The number of rotatable bonds is 9. The number of ether oxygens (including phenoxy) is 1. The Kier molecular flexibility index (Phi) is 9.17. The summed E-state index contributed by atoms with van der Waals surface area (Å²) in [5, 5.41) is 6.62. The number of halogens is 2. The van der Waals surface area contributed by atoms with E-state index in [0.717, 1.165) is 5.69 Å². The number of esters is 1. The molecule has 2 N–H and O–H groups in total. The van der Waals surface area contributed by atoms with Gasteiger partial charge in [-0.15, -0.1) is 11.8 Å². The number of fused-ring (bicyclic) bond motifs is 1. The molecule has 0 aliphatic carbocycles. The van der Waals surface area contributed by atoms with Gasteiger partial charge in [0.15, 0.2) is 0 Å². The van der Waals surface area contributed by atoms with Gasteiger partial charge in [-0.1, -0.05) is 47.5 Å². The van der Waals surface area contributed by atoms with E-state index in [0.29, 0.717) is 21.5 Å². The van der Waals surface area contributed by atoms with Gasteiger partial charge in [0.25, 0.3) is 5.91 Å². The third-order valence-corrected chi connectivity index (χ3v) is 7.09. The summed E-state index contributed by atoms with van der Waals surface area (Å²) in [6, 6.07) is 15.4. The fourth-order valence-corrected chi connectivity index (χ4v) is 5.15. The van der Waals surface area contributed by atoms with Crippen LogP contribution >= 0.6 is 35.0 Å². The van der Waals surface area contributed by atoms with Crippen molar-refractivity contribution in [2.24, 2.45) is 0 Å². The number of hydrogen-bond donors (Lipinski definition) is 2. The monoisotopic (exact) mass is 568 g/mol. The SMILES string of the molecule is CCOC(=O)c1cnc2c(NC(=O)c3c(Cl)cccc3Cl)cccc2c1SCC(=O)NCc1ccccn1. The van der Waals surface area contributed by atoms with Gasteiger partial charge in [0.1, 0.15) is 0 Å². The minimum atomic E-state index is -0.560. The lowest BCUT2D eigenvalue weighted by molar-refractivity contribution is -0.118. The Bertz CT molecular complexity index is 1480. The van der Waals surface area contributed by atoms with Crippen LogP contribution in [0.5, 0.6) is 0 Å². The molecule has 38 heavy (non-hydrogen) atoms. The van der Waals surface area contributed by atoms with Crippen molar-refractivity contribution in [3.63, 3.8) is 0 Å². The lowest BCUT2D eigenvalue weighted by Crippen LogP contribution is -2.25. The number of nitrogens with zero attached hydrogens (tertiary/aromatic N) is 2. The maximum absolute atomic E-state index is 13.0. The number of benzene rings is 2. The molecule has 0 fully saturated rings. The molecule has 2 aromatic carbocycles. The molecule has 2 amide bonds. The lowest BCUT2D eigenvalue weighted by Gasteiger charge is -2.15. The van der Waals surface area contributed by atoms with E-state index < -0.39 is 11.9 Å². The number of anilines is 1. The summed E-state index contributed by atoms with van der Waals surface area (Å²) in [5.74, 6) is -1.27. The Morgan fingerprint density at radius 2 is 1.74 bits per heavy atom. The average molecular weight is 569 g/mol. The van der Waals surface area contributed by atoms with Crippen molar-refractivity contribution in [3.05, 3.63) is 93.9 Å². The van der Waals surface area contributed by atoms with E-state index in [2.05, 4.69) is 20.6 Å². The number of thioether (sulfide) groups is 1. The third-order valence-electron chi connectivity index (χ3n) is 5.32. The van der Waals surface area contributed by atoms with E-state index in [1.165, 1.54) is 18.0 Å². The Hall–Kier alpha value is -3.66. The molecule has 4 aromatic rings. The van der Waals surface area contributed by atoms with Gasteiger partial charge in [0.05, 0.1) is 57.0 Å². The topological polar surface area (TPSA) is 110 Å². The van der Waals surface area contributed by atoms with Gasteiger partial charge >= 0.3 is 5.97 Å². The van der Waals surface area contributed by atoms with Crippen LogP contribution in [0.25, 0.3) is 10.9 Å². The van der Waals surface area contributed by atoms with Crippen molar-refractivity contribution >= 4 is 69.3 Å². The number of aromatic nitrogens is 2. The fourth-order valence-electron chi connectivity index (χ4n) is 3.59. The predicted octanol–water partition coefficient (Wildman–Crippen LogP) is 5.77. The van der Waals surface area contributed by atoms with Crippen LogP contribution in [-0.4, -0.2) is 40.1 Å². The van der Waals surface area contributed by atoms with Crippen LogP contribution in [0, 0.1) is 0 Å². The Balaban J connectivity index is 1.63. The van der Waals surface area contributed by atoms with Gasteiger partial charge in [0.2, 0.25) is 5.91 Å². The first kappa shape index (κ1) is 27.4. The number of para-hydroxylation sites is 1. The molecule has 2 heterocycles. The zero-order valence-electron chi connectivity index (χ0n) is 20.2. The standard InChI is InChI=1S/C27H22Cl2N4O4S/c1-2-37-27(36)18-14-32-24-17(25(18)38-15-22(34)31-13-16-7-3-4-12-30-16)8-5-11-21(24)33-26(35)23-19(28)9-6-10-20(23)29/h3-12,14H,2,13,15H2,1H3,(H,31,34)(H,33,35). The Morgan fingerprint density at radius 3 is 2.45 bits per heavy atom. The second-order valence-corrected chi connectivity index (χ2v) is 9.66. The minimum Gasteiger partial charge on any atom is -0.462 e. The van der Waals surface area contributed by atoms with Crippen LogP contribution in [0.4, 0.5) is 5.69 Å². The molecule has 0 spiro atoms. The van der Waals surface area contributed by atoms with Gasteiger partial charge in [-0.05, 0) is 37.3 Å². The predicted molar refractivity (Wildman–Crippen MR) is 149 cm³/mol. The molecule has 0 saturated heterocycles. The highest BCUT2D eigenvalue weighted by Gasteiger charge is 2.21. The van der Waals surface area contributed by atoms with E-state index >= 15 is 0 Å². The van der Waals surface area contributed by atoms with Gasteiger partial charge in [0, 0.05) is 22.7 Å². The summed E-state index contributed by atoms with van der Waals surface area (Å²) in [6.45, 7) is 2.17. The highest BCUT2D eigenvalue weighted by atomic mass is 35.5. The van der Waals surface area contributed by atoms with Gasteiger partial charge in [-0.3, -0.25) is 19.6 Å². The number of carbonyl (C=O) groups is 3. The first-order chi connectivity index (χ1) is 18.4. The van der Waals surface area contributed by atoms with E-state index in [1.807, 2.05) is 12.1 Å². The summed E-state index contributed by atoms with van der Waals surface area (Å²) in [6.07, 6.45) is 3.04. The molecule has 0 radical (unpaired) electrons. The average Bonchev–Trinajstić information content (AvgIpc) is 2.91. The van der Waals surface area contributed by atoms with E-state index in [4.69, 9.17) is 27.9 Å². The summed E-state index contributed by atoms with van der Waals surface area (Å²) >= 11 is 13.6. The minimum absolute atomic E-state index is 0.0319. The number of pyridine rings is 2. The van der Waals surface area contributed by atoms with Gasteiger partial charge in [-0.25, -0.2) is 4.79 Å². The highest BCUT2D eigenvalue weighted by Crippen LogP contribution is 2.34. The molecular formula is C27H22Cl2N4O4S. The first-order valence-electron chi connectivity index (χ1n) is 11.5. The van der Waals surface area contributed by atoms with Crippen molar-refractivity contribution in [2.75, 3.05) is 17.7 Å². The van der Waals surface area contributed by atoms with E-state index in [9.17, 15) is 14.4 Å². The van der Waals surface area contributed by atoms with Gasteiger partial charge in [-0.2, -0.15) is 0 Å². The van der Waals surface area contributed by atoms with Gasteiger partial charge < -0.3 is 15.4 Å². The maximum atomic E-state index is 13.0. The van der Waals surface area contributed by atoms with Crippen LogP contribution in [0.1, 0.15) is 33.3 Å². The molecule has 11 heteroatoms. The van der Waals surface area contributed by atoms with E-state index in [1.54, 1.807) is 55.6 Å². The molecule has 0 aliphatic heterocycles. The van der Waals surface area contributed by atoms with Crippen LogP contribution in [-0.2, 0) is 16.1 Å². The number of hydrogen-bond acceptors (Lipinski definition) is 7. The lowest BCUT2D eigenvalue weighted by atomic mass is 10.1. The molecular weight excluding hydrogens is 547 g/mol. The van der Waals surface area contributed by atoms with Crippen LogP contribution in [0.15, 0.2) is 71.9 Å². The van der Waals surface area contributed by atoms with Crippen molar-refractivity contribution in [3.8, 4) is 0 Å². The van der Waals surface area contributed by atoms with Crippen molar-refractivity contribution in [1.29, 1.82) is 0 Å². The summed E-state index contributed by atoms with van der Waals surface area (Å²) in [7, 11) is 0. The van der Waals surface area contributed by atoms with Crippen molar-refractivity contribution in [2.45, 2.75) is 18.4 Å². The zero-order valence-corrected chi connectivity index (χ0v) is 22.5. The fraction of sp³-hybridized carbons (Fsp3) is 0.148. The van der Waals surface area contributed by atoms with Crippen LogP contribution in [0.3, 0.4) is 0 Å². The molecule has 2 aromatic heterocycles. The van der Waals surface area contributed by atoms with Crippen LogP contribution in [0.2, 0.25) is 10.0 Å². The quantitative estimate of drug-likeness (QED) is 0.194. The largest absolute Gasteiger partial charge is 0.462 e. The molecule has 0 saturated carbocycles. The third kappa shape index (κ3) is 6.42. The van der Waals surface area contributed by atoms with E-state index in [-0.39, 0.29) is 46.0 Å². The number of amides is 2. The number of carbonyl (C=O) groups excluding carboxylic acids is 3. The second-order valence-electron chi connectivity index (χ2n) is 7.86. The highest BCUT2D eigenvalue weighted by molar-refractivity contribution is 8.00. The molecule has 194 valence electrons. The van der Waals surface area contributed by atoms with Crippen molar-refractivity contribution < 1.29 is 19.1 Å². The molecule has 0 atom stereocenters. The summed E-state index contributed by atoms with van der Waals surface area (Å²) in [4.78, 5) is 47.4. The Labute approximate surface area is 233 Å².